The van der Waals surface area contributed by atoms with E-state index in [4.69, 9.17) is 0 Å². The third-order valence-electron chi connectivity index (χ3n) is 3.56. The first-order valence-electron chi connectivity index (χ1n) is 6.53. The average molecular weight is 328 g/mol. The maximum atomic E-state index is 12.5. The highest BCUT2D eigenvalue weighted by atomic mass is 79.9. The molecule has 2 N–H and O–H groups in total. The normalized spacial score (nSPS) is 19.4. The van der Waals surface area contributed by atoms with Gasteiger partial charge in [-0.15, -0.1) is 0 Å². The summed E-state index contributed by atoms with van der Waals surface area (Å²) in [4.78, 5) is 14.3. The van der Waals surface area contributed by atoms with Crippen molar-refractivity contribution in [1.82, 2.24) is 4.90 Å². The molecule has 1 heterocycles. The summed E-state index contributed by atoms with van der Waals surface area (Å²) in [5, 5.41) is 20.4. The van der Waals surface area contributed by atoms with Crippen molar-refractivity contribution >= 4 is 21.8 Å². The highest BCUT2D eigenvalue weighted by molar-refractivity contribution is 9.09. The summed E-state index contributed by atoms with van der Waals surface area (Å²) in [6.07, 6.45) is 3.96. The molecule has 1 saturated heterocycles. The number of carbonyl (C=O) groups is 1. The number of alkyl halides is 1. The number of amides is 1. The molecule has 104 valence electrons. The maximum absolute atomic E-state index is 12.5. The van der Waals surface area contributed by atoms with Crippen molar-refractivity contribution in [2.24, 2.45) is 0 Å². The summed E-state index contributed by atoms with van der Waals surface area (Å²) in [5.41, 5.74) is 0.0176. The van der Waals surface area contributed by atoms with Gasteiger partial charge in [-0.2, -0.15) is 0 Å². The van der Waals surface area contributed by atoms with Crippen molar-refractivity contribution in [1.29, 1.82) is 0 Å². The Kier molecular flexibility index (Phi) is 4.69. The van der Waals surface area contributed by atoms with Crippen LogP contribution in [-0.2, 0) is 0 Å². The van der Waals surface area contributed by atoms with E-state index in [0.29, 0.717) is 6.54 Å². The first kappa shape index (κ1) is 14.2. The minimum atomic E-state index is -0.277. The monoisotopic (exact) mass is 327 g/mol. The van der Waals surface area contributed by atoms with E-state index < -0.39 is 0 Å². The summed E-state index contributed by atoms with van der Waals surface area (Å²) in [6.45, 7) is 0.685. The van der Waals surface area contributed by atoms with Crippen molar-refractivity contribution in [2.75, 3.05) is 11.9 Å². The molecular weight excluding hydrogens is 310 g/mol. The van der Waals surface area contributed by atoms with Crippen molar-refractivity contribution in [2.45, 2.75) is 31.7 Å². The van der Waals surface area contributed by atoms with Gasteiger partial charge in [-0.05, 0) is 37.8 Å². The molecule has 0 spiro atoms. The Hall–Kier alpha value is -1.23. The largest absolute Gasteiger partial charge is 0.507 e. The van der Waals surface area contributed by atoms with Crippen LogP contribution in [0.1, 0.15) is 36.0 Å². The van der Waals surface area contributed by atoms with Gasteiger partial charge in [-0.1, -0.05) is 22.0 Å². The van der Waals surface area contributed by atoms with Crippen LogP contribution >= 0.6 is 15.9 Å². The SMILES string of the molecule is O=C(c1c(O)cccc1O)N1CCCCC1CCBr. The fourth-order valence-corrected chi connectivity index (χ4v) is 3.11. The molecule has 1 fully saturated rings. The lowest BCUT2D eigenvalue weighted by atomic mass is 9.98. The summed E-state index contributed by atoms with van der Waals surface area (Å²) in [6, 6.07) is 4.56. The third kappa shape index (κ3) is 3.03. The lowest BCUT2D eigenvalue weighted by molar-refractivity contribution is 0.0604. The van der Waals surface area contributed by atoms with Gasteiger partial charge < -0.3 is 15.1 Å². The molecule has 0 aliphatic carbocycles. The first-order chi connectivity index (χ1) is 9.15. The van der Waals surface area contributed by atoms with E-state index in [1.54, 1.807) is 4.90 Å². The molecule has 1 aromatic rings. The van der Waals surface area contributed by atoms with Gasteiger partial charge in [-0.3, -0.25) is 4.79 Å². The highest BCUT2D eigenvalue weighted by Crippen LogP contribution is 2.30. The zero-order valence-electron chi connectivity index (χ0n) is 10.7. The predicted octanol–water partition coefficient (Wildman–Crippen LogP) is 2.88. The predicted molar refractivity (Wildman–Crippen MR) is 76.9 cm³/mol. The Labute approximate surface area is 121 Å². The molecule has 0 radical (unpaired) electrons. The average Bonchev–Trinajstić information content (AvgIpc) is 2.39. The van der Waals surface area contributed by atoms with Gasteiger partial charge in [0.05, 0.1) is 0 Å². The van der Waals surface area contributed by atoms with Gasteiger partial charge in [0.25, 0.3) is 5.91 Å². The second kappa shape index (κ2) is 6.28. The van der Waals surface area contributed by atoms with Gasteiger partial charge >= 0.3 is 0 Å². The van der Waals surface area contributed by atoms with Crippen LogP contribution in [0.5, 0.6) is 11.5 Å². The molecule has 4 nitrogen and oxygen atoms in total. The molecule has 1 aliphatic heterocycles. The molecule has 1 atom stereocenters. The molecule has 0 saturated carbocycles. The second-order valence-electron chi connectivity index (χ2n) is 4.80. The van der Waals surface area contributed by atoms with E-state index in [9.17, 15) is 15.0 Å². The zero-order valence-corrected chi connectivity index (χ0v) is 12.3. The summed E-state index contributed by atoms with van der Waals surface area (Å²) >= 11 is 3.41. The second-order valence-corrected chi connectivity index (χ2v) is 5.59. The molecule has 0 bridgehead atoms. The quantitative estimate of drug-likeness (QED) is 0.839. The number of hydrogen-bond acceptors (Lipinski definition) is 3. The van der Waals surface area contributed by atoms with Crippen LogP contribution in [0.25, 0.3) is 0 Å². The third-order valence-corrected chi connectivity index (χ3v) is 4.02. The number of halogens is 1. The van der Waals surface area contributed by atoms with Crippen molar-refractivity contribution in [3.63, 3.8) is 0 Å². The maximum Gasteiger partial charge on any atom is 0.261 e. The Morgan fingerprint density at radius 3 is 2.63 bits per heavy atom. The Morgan fingerprint density at radius 2 is 2.00 bits per heavy atom. The van der Waals surface area contributed by atoms with E-state index in [-0.39, 0.29) is 29.0 Å². The number of phenolic OH excluding ortho intramolecular Hbond substituents is 2. The number of benzene rings is 1. The van der Waals surface area contributed by atoms with Gasteiger partial charge in [0.1, 0.15) is 17.1 Å². The molecule has 0 aromatic heterocycles. The summed E-state index contributed by atoms with van der Waals surface area (Å²) in [7, 11) is 0. The standard InChI is InChI=1S/C14H18BrNO3/c15-8-7-10-4-1-2-9-16(10)14(19)13-11(17)5-3-6-12(13)18/h3,5-6,10,17-18H,1-2,4,7-9H2. The van der Waals surface area contributed by atoms with Gasteiger partial charge in [0.15, 0.2) is 0 Å². The Bertz CT molecular complexity index is 442. The number of carbonyl (C=O) groups excluding carboxylic acids is 1. The van der Waals surface area contributed by atoms with E-state index in [0.717, 1.165) is 31.0 Å². The van der Waals surface area contributed by atoms with Crippen molar-refractivity contribution < 1.29 is 15.0 Å². The van der Waals surface area contributed by atoms with E-state index in [1.807, 2.05) is 0 Å². The minimum absolute atomic E-state index is 0.0176. The molecule has 1 aliphatic rings. The van der Waals surface area contributed by atoms with Crippen LogP contribution < -0.4 is 0 Å². The fourth-order valence-electron chi connectivity index (χ4n) is 2.59. The topological polar surface area (TPSA) is 60.8 Å². The highest BCUT2D eigenvalue weighted by Gasteiger charge is 2.29. The van der Waals surface area contributed by atoms with Gasteiger partial charge in [-0.25, -0.2) is 0 Å². The van der Waals surface area contributed by atoms with Crippen LogP contribution in [0.3, 0.4) is 0 Å². The Morgan fingerprint density at radius 1 is 1.32 bits per heavy atom. The number of rotatable bonds is 3. The molecule has 1 aromatic carbocycles. The molecule has 1 unspecified atom stereocenters. The molecule has 5 heteroatoms. The van der Waals surface area contributed by atoms with Crippen LogP contribution in [0.4, 0.5) is 0 Å². The lowest BCUT2D eigenvalue weighted by Crippen LogP contribution is -2.44. The summed E-state index contributed by atoms with van der Waals surface area (Å²) < 4.78 is 0. The number of aromatic hydroxyl groups is 2. The van der Waals surface area contributed by atoms with E-state index >= 15 is 0 Å². The van der Waals surface area contributed by atoms with Crippen LogP contribution in [0, 0.1) is 0 Å². The smallest absolute Gasteiger partial charge is 0.261 e. The summed E-state index contributed by atoms with van der Waals surface area (Å²) in [5.74, 6) is -0.595. The van der Waals surface area contributed by atoms with Gasteiger partial charge in [0.2, 0.25) is 0 Å². The van der Waals surface area contributed by atoms with Crippen molar-refractivity contribution in [3.8, 4) is 11.5 Å². The molecular formula is C14H18BrNO3. The molecule has 1 amide bonds. The molecule has 19 heavy (non-hydrogen) atoms. The first-order valence-corrected chi connectivity index (χ1v) is 7.65. The lowest BCUT2D eigenvalue weighted by Gasteiger charge is -2.35. The zero-order chi connectivity index (χ0) is 13.8. The van der Waals surface area contributed by atoms with Crippen LogP contribution in [-0.4, -0.2) is 38.9 Å². The number of likely N-dealkylation sites (tertiary alicyclic amines) is 1. The van der Waals surface area contributed by atoms with Gasteiger partial charge in [0, 0.05) is 17.9 Å². The number of hydrogen-bond donors (Lipinski definition) is 2. The number of phenols is 2. The number of piperidine rings is 1. The minimum Gasteiger partial charge on any atom is -0.507 e. The number of nitrogens with zero attached hydrogens (tertiary/aromatic N) is 1. The van der Waals surface area contributed by atoms with E-state index in [1.165, 1.54) is 18.2 Å². The fraction of sp³-hybridized carbons (Fsp3) is 0.500. The Balaban J connectivity index is 2.26. The van der Waals surface area contributed by atoms with Crippen LogP contribution in [0.15, 0.2) is 18.2 Å². The van der Waals surface area contributed by atoms with Crippen molar-refractivity contribution in [3.05, 3.63) is 23.8 Å². The molecule has 2 rings (SSSR count). The van der Waals surface area contributed by atoms with Crippen LogP contribution in [0.2, 0.25) is 0 Å². The van der Waals surface area contributed by atoms with E-state index in [2.05, 4.69) is 15.9 Å².